The van der Waals surface area contributed by atoms with E-state index < -0.39 is 0 Å². The molecule has 4 fully saturated rings. The van der Waals surface area contributed by atoms with Gasteiger partial charge >= 0.3 is 0 Å². The third-order valence-electron chi connectivity index (χ3n) is 6.93. The fourth-order valence-electron chi connectivity index (χ4n) is 6.34. The monoisotopic (exact) mass is 322 g/mol. The van der Waals surface area contributed by atoms with E-state index in [1.54, 1.807) is 0 Å². The number of fused-ring (bicyclic) bond motifs is 1. The summed E-state index contributed by atoms with van der Waals surface area (Å²) in [6.07, 6.45) is 10.4. The molecule has 2 aromatic rings. The van der Waals surface area contributed by atoms with Crippen LogP contribution in [0.25, 0.3) is 5.52 Å². The first-order chi connectivity index (χ1) is 11.6. The van der Waals surface area contributed by atoms with Gasteiger partial charge in [0.25, 0.3) is 5.91 Å². The second-order valence-electron chi connectivity index (χ2n) is 8.75. The van der Waals surface area contributed by atoms with E-state index in [0.717, 1.165) is 35.4 Å². The maximum Gasteiger partial charge on any atom is 0.253 e. The smallest absolute Gasteiger partial charge is 0.253 e. The molecule has 0 aromatic carbocycles. The standard InChI is InChI=1S/C21H26N2O/c1-14-4-5-19-18(3-2-6-23(14)19)20(24)22-13-21-10-15-7-16(11-21)9-17(8-15)12-21/h2-6,15-17H,7-13H2,1H3,(H,22,24). The van der Waals surface area contributed by atoms with Crippen molar-refractivity contribution in [3.05, 3.63) is 41.7 Å². The molecule has 0 aliphatic heterocycles. The van der Waals surface area contributed by atoms with Crippen LogP contribution in [0.5, 0.6) is 0 Å². The molecule has 1 amide bonds. The number of nitrogens with zero attached hydrogens (tertiary/aromatic N) is 1. The zero-order valence-corrected chi connectivity index (χ0v) is 14.4. The van der Waals surface area contributed by atoms with E-state index in [0.29, 0.717) is 5.41 Å². The Morgan fingerprint density at radius 1 is 1.12 bits per heavy atom. The van der Waals surface area contributed by atoms with Crippen LogP contribution in [0.2, 0.25) is 0 Å². The molecule has 4 aliphatic carbocycles. The lowest BCUT2D eigenvalue weighted by atomic mass is 9.49. The van der Waals surface area contributed by atoms with Gasteiger partial charge in [-0.2, -0.15) is 0 Å². The van der Waals surface area contributed by atoms with Crippen LogP contribution in [0.1, 0.15) is 54.6 Å². The average Bonchev–Trinajstić information content (AvgIpc) is 2.93. The van der Waals surface area contributed by atoms with Gasteiger partial charge < -0.3 is 9.72 Å². The van der Waals surface area contributed by atoms with Gasteiger partial charge in [-0.3, -0.25) is 4.79 Å². The summed E-state index contributed by atoms with van der Waals surface area (Å²) < 4.78 is 2.10. The molecule has 3 nitrogen and oxygen atoms in total. The first-order valence-electron chi connectivity index (χ1n) is 9.47. The SMILES string of the molecule is Cc1ccc2c(C(=O)NCC34CC5CC(CC(C5)C3)C4)cccn12. The van der Waals surface area contributed by atoms with Crippen LogP contribution in [0.4, 0.5) is 0 Å². The number of amides is 1. The van der Waals surface area contributed by atoms with Crippen molar-refractivity contribution in [2.75, 3.05) is 6.54 Å². The number of aromatic nitrogens is 1. The molecule has 0 saturated heterocycles. The highest BCUT2D eigenvalue weighted by molar-refractivity contribution is 6.00. The fraction of sp³-hybridized carbons (Fsp3) is 0.571. The molecule has 0 unspecified atom stereocenters. The topological polar surface area (TPSA) is 33.5 Å². The molecule has 0 atom stereocenters. The van der Waals surface area contributed by atoms with Crippen molar-refractivity contribution in [1.29, 1.82) is 0 Å². The number of nitrogens with one attached hydrogen (secondary N) is 1. The lowest BCUT2D eigenvalue weighted by Crippen LogP contribution is -2.51. The quantitative estimate of drug-likeness (QED) is 0.903. The molecule has 4 aliphatic rings. The molecule has 1 N–H and O–H groups in total. The van der Waals surface area contributed by atoms with Crippen molar-refractivity contribution in [3.63, 3.8) is 0 Å². The summed E-state index contributed by atoms with van der Waals surface area (Å²) in [5.74, 6) is 2.90. The van der Waals surface area contributed by atoms with Crippen molar-refractivity contribution >= 4 is 11.4 Å². The van der Waals surface area contributed by atoms with Crippen molar-refractivity contribution < 1.29 is 4.79 Å². The van der Waals surface area contributed by atoms with Crippen molar-refractivity contribution in [2.24, 2.45) is 23.2 Å². The van der Waals surface area contributed by atoms with Crippen molar-refractivity contribution in [2.45, 2.75) is 45.4 Å². The minimum Gasteiger partial charge on any atom is -0.351 e. The summed E-state index contributed by atoms with van der Waals surface area (Å²) in [6, 6.07) is 8.05. The largest absolute Gasteiger partial charge is 0.351 e. The highest BCUT2D eigenvalue weighted by Gasteiger charge is 2.50. The van der Waals surface area contributed by atoms with Gasteiger partial charge in [-0.05, 0) is 92.9 Å². The number of aryl methyl sites for hydroxylation is 1. The molecule has 2 aromatic heterocycles. The lowest BCUT2D eigenvalue weighted by molar-refractivity contribution is -0.0503. The summed E-state index contributed by atoms with van der Waals surface area (Å²) in [5.41, 5.74) is 3.38. The van der Waals surface area contributed by atoms with Gasteiger partial charge in [-0.25, -0.2) is 0 Å². The van der Waals surface area contributed by atoms with Crippen molar-refractivity contribution in [1.82, 2.24) is 9.72 Å². The first-order valence-corrected chi connectivity index (χ1v) is 9.47. The normalized spacial score (nSPS) is 34.0. The fourth-order valence-corrected chi connectivity index (χ4v) is 6.34. The maximum atomic E-state index is 12.8. The van der Waals surface area contributed by atoms with Crippen LogP contribution in [0.15, 0.2) is 30.5 Å². The van der Waals surface area contributed by atoms with Gasteiger partial charge in [0.15, 0.2) is 0 Å². The minimum atomic E-state index is 0.0921. The minimum absolute atomic E-state index is 0.0921. The Balaban J connectivity index is 1.36. The van der Waals surface area contributed by atoms with Gasteiger partial charge in [-0.15, -0.1) is 0 Å². The number of carbonyl (C=O) groups excluding carboxylic acids is 1. The summed E-state index contributed by atoms with van der Waals surface area (Å²) in [5, 5.41) is 3.31. The van der Waals surface area contributed by atoms with E-state index in [1.165, 1.54) is 44.2 Å². The molecule has 3 heteroatoms. The second kappa shape index (κ2) is 5.11. The number of hydrogen-bond acceptors (Lipinski definition) is 1. The van der Waals surface area contributed by atoms with E-state index in [4.69, 9.17) is 0 Å². The summed E-state index contributed by atoms with van der Waals surface area (Å²) >= 11 is 0. The van der Waals surface area contributed by atoms with Crippen LogP contribution in [0.3, 0.4) is 0 Å². The molecular formula is C21H26N2O. The average molecular weight is 322 g/mol. The van der Waals surface area contributed by atoms with Crippen LogP contribution >= 0.6 is 0 Å². The molecule has 2 heterocycles. The predicted molar refractivity (Wildman–Crippen MR) is 95.1 cm³/mol. The highest BCUT2D eigenvalue weighted by Crippen LogP contribution is 2.59. The van der Waals surface area contributed by atoms with Crippen molar-refractivity contribution in [3.8, 4) is 0 Å². The maximum absolute atomic E-state index is 12.8. The number of rotatable bonds is 3. The number of carbonyl (C=O) groups is 1. The van der Waals surface area contributed by atoms with Gasteiger partial charge in [0.1, 0.15) is 0 Å². The molecule has 0 radical (unpaired) electrons. The van der Waals surface area contributed by atoms with Crippen LogP contribution in [-0.4, -0.2) is 16.9 Å². The molecular weight excluding hydrogens is 296 g/mol. The van der Waals surface area contributed by atoms with Gasteiger partial charge in [0.2, 0.25) is 0 Å². The Morgan fingerprint density at radius 3 is 2.46 bits per heavy atom. The molecule has 126 valence electrons. The Hall–Kier alpha value is -1.77. The molecule has 24 heavy (non-hydrogen) atoms. The number of hydrogen-bond donors (Lipinski definition) is 1. The summed E-state index contributed by atoms with van der Waals surface area (Å²) in [7, 11) is 0. The second-order valence-corrected chi connectivity index (χ2v) is 8.75. The lowest BCUT2D eigenvalue weighted by Gasteiger charge is -2.56. The van der Waals surface area contributed by atoms with E-state index in [9.17, 15) is 4.79 Å². The third kappa shape index (κ3) is 2.21. The molecule has 6 rings (SSSR count). The zero-order valence-electron chi connectivity index (χ0n) is 14.4. The Morgan fingerprint density at radius 2 is 1.79 bits per heavy atom. The van der Waals surface area contributed by atoms with Gasteiger partial charge in [0.05, 0.1) is 11.1 Å². The molecule has 0 spiro atoms. The first kappa shape index (κ1) is 14.6. The van der Waals surface area contributed by atoms with E-state index >= 15 is 0 Å². The Labute approximate surface area is 143 Å². The molecule has 4 bridgehead atoms. The van der Waals surface area contributed by atoms with Crippen LogP contribution in [-0.2, 0) is 0 Å². The van der Waals surface area contributed by atoms with Gasteiger partial charge in [-0.1, -0.05) is 0 Å². The van der Waals surface area contributed by atoms with Crippen LogP contribution in [0, 0.1) is 30.1 Å². The highest BCUT2D eigenvalue weighted by atomic mass is 16.1. The third-order valence-corrected chi connectivity index (χ3v) is 6.93. The molecule has 4 saturated carbocycles. The predicted octanol–water partition coefficient (Wildman–Crippen LogP) is 4.19. The van der Waals surface area contributed by atoms with E-state index in [-0.39, 0.29) is 5.91 Å². The van der Waals surface area contributed by atoms with E-state index in [2.05, 4.69) is 28.8 Å². The summed E-state index contributed by atoms with van der Waals surface area (Å²) in [6.45, 7) is 2.94. The Bertz CT molecular complexity index is 768. The van der Waals surface area contributed by atoms with Crippen LogP contribution < -0.4 is 5.32 Å². The van der Waals surface area contributed by atoms with E-state index in [1.807, 2.05) is 18.3 Å². The number of pyridine rings is 1. The van der Waals surface area contributed by atoms with Gasteiger partial charge in [0, 0.05) is 18.4 Å². The Kier molecular flexibility index (Phi) is 3.10. The zero-order chi connectivity index (χ0) is 16.3. The summed E-state index contributed by atoms with van der Waals surface area (Å²) in [4.78, 5) is 12.8.